The standard InChI is InChI=1S/C26H29ClN2O2/c1-19-17-21(24-9-5-22(18-28-24)20-3-7-23(27)8-4-20)6-10-25(19)31-16-15-29-13-11-26(2,30)12-14-29/h3-10,17-18,30H,11-16H2,1-2H3. The van der Waals surface area contributed by atoms with Crippen molar-refractivity contribution < 1.29 is 9.84 Å². The third-order valence-electron chi connectivity index (χ3n) is 6.01. The number of aromatic nitrogens is 1. The topological polar surface area (TPSA) is 45.6 Å². The van der Waals surface area contributed by atoms with Crippen LogP contribution in [-0.2, 0) is 0 Å². The number of likely N-dealkylation sites (tertiary alicyclic amines) is 1. The highest BCUT2D eigenvalue weighted by atomic mass is 35.5. The molecule has 1 aliphatic rings. The summed E-state index contributed by atoms with van der Waals surface area (Å²) >= 11 is 5.98. The van der Waals surface area contributed by atoms with E-state index in [-0.39, 0.29) is 0 Å². The summed E-state index contributed by atoms with van der Waals surface area (Å²) in [5, 5.41) is 10.8. The van der Waals surface area contributed by atoms with Gasteiger partial charge in [-0.25, -0.2) is 0 Å². The molecule has 3 aromatic rings. The van der Waals surface area contributed by atoms with E-state index in [2.05, 4.69) is 35.0 Å². The molecule has 162 valence electrons. The van der Waals surface area contributed by atoms with E-state index < -0.39 is 5.60 Å². The van der Waals surface area contributed by atoms with Crippen LogP contribution < -0.4 is 4.74 Å². The van der Waals surface area contributed by atoms with E-state index in [0.717, 1.165) is 71.2 Å². The number of piperidine rings is 1. The minimum Gasteiger partial charge on any atom is -0.492 e. The van der Waals surface area contributed by atoms with E-state index in [4.69, 9.17) is 16.3 Å². The molecule has 5 heteroatoms. The number of ether oxygens (including phenoxy) is 1. The van der Waals surface area contributed by atoms with Crippen molar-refractivity contribution in [2.24, 2.45) is 0 Å². The summed E-state index contributed by atoms with van der Waals surface area (Å²) < 4.78 is 6.03. The Labute approximate surface area is 189 Å². The summed E-state index contributed by atoms with van der Waals surface area (Å²) in [5.41, 5.74) is 4.77. The zero-order valence-electron chi connectivity index (χ0n) is 18.1. The SMILES string of the molecule is Cc1cc(-c2ccc(-c3ccc(Cl)cc3)cn2)ccc1OCCN1CCC(C)(O)CC1. The van der Waals surface area contributed by atoms with Crippen LogP contribution in [0.15, 0.2) is 60.8 Å². The zero-order valence-corrected chi connectivity index (χ0v) is 18.9. The number of rotatable bonds is 6. The van der Waals surface area contributed by atoms with Gasteiger partial charge in [0.1, 0.15) is 12.4 Å². The van der Waals surface area contributed by atoms with Crippen molar-refractivity contribution in [3.8, 4) is 28.1 Å². The van der Waals surface area contributed by atoms with Gasteiger partial charge in [-0.1, -0.05) is 29.8 Å². The van der Waals surface area contributed by atoms with Gasteiger partial charge in [-0.15, -0.1) is 0 Å². The molecule has 1 fully saturated rings. The number of hydrogen-bond donors (Lipinski definition) is 1. The molecule has 0 radical (unpaired) electrons. The van der Waals surface area contributed by atoms with Gasteiger partial charge in [0.2, 0.25) is 0 Å². The Morgan fingerprint density at radius 3 is 2.32 bits per heavy atom. The van der Waals surface area contributed by atoms with Crippen LogP contribution in [0.5, 0.6) is 5.75 Å². The molecular formula is C26H29ClN2O2. The number of aliphatic hydroxyl groups is 1. The van der Waals surface area contributed by atoms with E-state index in [9.17, 15) is 5.11 Å². The van der Waals surface area contributed by atoms with Crippen molar-refractivity contribution in [1.82, 2.24) is 9.88 Å². The minimum absolute atomic E-state index is 0.509. The molecule has 4 nitrogen and oxygen atoms in total. The van der Waals surface area contributed by atoms with Crippen molar-refractivity contribution in [2.45, 2.75) is 32.3 Å². The maximum Gasteiger partial charge on any atom is 0.122 e. The Kier molecular flexibility index (Phi) is 6.61. The lowest BCUT2D eigenvalue weighted by atomic mass is 9.94. The Morgan fingerprint density at radius 2 is 1.68 bits per heavy atom. The summed E-state index contributed by atoms with van der Waals surface area (Å²) in [4.78, 5) is 7.01. The Bertz CT molecular complexity index is 1010. The van der Waals surface area contributed by atoms with Gasteiger partial charge in [-0.05, 0) is 74.2 Å². The van der Waals surface area contributed by atoms with Crippen LogP contribution in [0, 0.1) is 6.92 Å². The van der Waals surface area contributed by atoms with Crippen LogP contribution >= 0.6 is 11.6 Å². The second kappa shape index (κ2) is 9.39. The molecule has 0 bridgehead atoms. The molecule has 2 aromatic carbocycles. The molecule has 4 rings (SSSR count). The molecule has 0 unspecified atom stereocenters. The number of pyridine rings is 1. The lowest BCUT2D eigenvalue weighted by Gasteiger charge is -2.35. The zero-order chi connectivity index (χ0) is 21.8. The maximum atomic E-state index is 10.1. The molecule has 0 amide bonds. The molecule has 0 saturated carbocycles. The smallest absolute Gasteiger partial charge is 0.122 e. The van der Waals surface area contributed by atoms with Gasteiger partial charge < -0.3 is 9.84 Å². The van der Waals surface area contributed by atoms with Crippen molar-refractivity contribution >= 4 is 11.6 Å². The summed E-state index contributed by atoms with van der Waals surface area (Å²) in [7, 11) is 0. The first kappa shape index (κ1) is 21.8. The quantitative estimate of drug-likeness (QED) is 0.546. The van der Waals surface area contributed by atoms with Crippen LogP contribution in [0.2, 0.25) is 5.02 Å². The molecule has 1 saturated heterocycles. The molecule has 2 heterocycles. The van der Waals surface area contributed by atoms with Crippen molar-refractivity contribution in [1.29, 1.82) is 0 Å². The maximum absolute atomic E-state index is 10.1. The number of nitrogens with zero attached hydrogens (tertiary/aromatic N) is 2. The van der Waals surface area contributed by atoms with Gasteiger partial charge >= 0.3 is 0 Å². The predicted octanol–water partition coefficient (Wildman–Crippen LogP) is 5.60. The monoisotopic (exact) mass is 436 g/mol. The fraction of sp³-hybridized carbons (Fsp3) is 0.346. The number of aryl methyl sites for hydroxylation is 1. The third-order valence-corrected chi connectivity index (χ3v) is 6.26. The van der Waals surface area contributed by atoms with Crippen LogP contribution in [0.4, 0.5) is 0 Å². The van der Waals surface area contributed by atoms with Crippen molar-refractivity contribution in [3.05, 3.63) is 71.4 Å². The number of benzene rings is 2. The molecule has 31 heavy (non-hydrogen) atoms. The highest BCUT2D eigenvalue weighted by Crippen LogP contribution is 2.28. The molecular weight excluding hydrogens is 408 g/mol. The second-order valence-corrected chi connectivity index (χ2v) is 9.04. The van der Waals surface area contributed by atoms with Gasteiger partial charge in [0, 0.05) is 42.0 Å². The van der Waals surface area contributed by atoms with E-state index in [0.29, 0.717) is 6.61 Å². The van der Waals surface area contributed by atoms with E-state index >= 15 is 0 Å². The van der Waals surface area contributed by atoms with Crippen molar-refractivity contribution in [3.63, 3.8) is 0 Å². The largest absolute Gasteiger partial charge is 0.492 e. The first-order valence-electron chi connectivity index (χ1n) is 10.8. The third kappa shape index (κ3) is 5.65. The average molecular weight is 437 g/mol. The summed E-state index contributed by atoms with van der Waals surface area (Å²) in [6, 6.07) is 18.1. The van der Waals surface area contributed by atoms with Gasteiger partial charge in [-0.2, -0.15) is 0 Å². The van der Waals surface area contributed by atoms with Gasteiger partial charge in [-0.3, -0.25) is 9.88 Å². The van der Waals surface area contributed by atoms with Crippen LogP contribution in [-0.4, -0.2) is 46.8 Å². The van der Waals surface area contributed by atoms with Crippen molar-refractivity contribution in [2.75, 3.05) is 26.2 Å². The van der Waals surface area contributed by atoms with E-state index in [1.54, 1.807) is 0 Å². The van der Waals surface area contributed by atoms with E-state index in [1.165, 1.54) is 0 Å². The van der Waals surface area contributed by atoms with Gasteiger partial charge in [0.05, 0.1) is 11.3 Å². The lowest BCUT2D eigenvalue weighted by molar-refractivity contribution is -0.00769. The van der Waals surface area contributed by atoms with E-state index in [1.807, 2.05) is 49.5 Å². The number of hydrogen-bond acceptors (Lipinski definition) is 4. The summed E-state index contributed by atoms with van der Waals surface area (Å²) in [5.74, 6) is 0.908. The Morgan fingerprint density at radius 1 is 1.00 bits per heavy atom. The molecule has 0 aliphatic carbocycles. The first-order chi connectivity index (χ1) is 14.9. The molecule has 1 N–H and O–H groups in total. The average Bonchev–Trinajstić information content (AvgIpc) is 2.77. The summed E-state index contributed by atoms with van der Waals surface area (Å²) in [6.45, 7) is 7.37. The van der Waals surface area contributed by atoms with Gasteiger partial charge in [0.25, 0.3) is 0 Å². The highest BCUT2D eigenvalue weighted by Gasteiger charge is 2.26. The highest BCUT2D eigenvalue weighted by molar-refractivity contribution is 6.30. The molecule has 1 aliphatic heterocycles. The fourth-order valence-electron chi connectivity index (χ4n) is 3.89. The van der Waals surface area contributed by atoms with Crippen LogP contribution in [0.1, 0.15) is 25.3 Å². The molecule has 0 spiro atoms. The number of halogens is 1. The van der Waals surface area contributed by atoms with Crippen LogP contribution in [0.25, 0.3) is 22.4 Å². The normalized spacial score (nSPS) is 16.3. The lowest BCUT2D eigenvalue weighted by Crippen LogP contribution is -2.43. The van der Waals surface area contributed by atoms with Crippen LogP contribution in [0.3, 0.4) is 0 Å². The Balaban J connectivity index is 1.35. The summed E-state index contributed by atoms with van der Waals surface area (Å²) in [6.07, 6.45) is 3.55. The first-order valence-corrected chi connectivity index (χ1v) is 11.2. The molecule has 0 atom stereocenters. The predicted molar refractivity (Wildman–Crippen MR) is 127 cm³/mol. The molecule has 1 aromatic heterocycles. The minimum atomic E-state index is -0.509. The second-order valence-electron chi connectivity index (χ2n) is 8.61. The van der Waals surface area contributed by atoms with Gasteiger partial charge in [0.15, 0.2) is 0 Å². The fourth-order valence-corrected chi connectivity index (χ4v) is 4.02. The Hall–Kier alpha value is -2.40.